The average Bonchev–Trinajstić information content (AvgIpc) is 2.70. The quantitative estimate of drug-likeness (QED) is 0.441. The minimum Gasteiger partial charge on any atom is -0.242 e. The molecule has 2 aliphatic carbocycles. The molecule has 0 spiro atoms. The second kappa shape index (κ2) is 9.02. The summed E-state index contributed by atoms with van der Waals surface area (Å²) in [5.74, 6) is 1.65. The zero-order valence-corrected chi connectivity index (χ0v) is 16.6. The third kappa shape index (κ3) is 4.13. The van der Waals surface area contributed by atoms with Gasteiger partial charge in [-0.25, -0.2) is 4.39 Å². The summed E-state index contributed by atoms with van der Waals surface area (Å²) >= 11 is 0. The minimum absolute atomic E-state index is 0.482. The van der Waals surface area contributed by atoms with Crippen molar-refractivity contribution in [3.63, 3.8) is 0 Å². The molecule has 0 radical (unpaired) electrons. The van der Waals surface area contributed by atoms with Gasteiger partial charge in [0.25, 0.3) is 0 Å². The lowest BCUT2D eigenvalue weighted by Crippen LogP contribution is -2.34. The molecule has 0 aliphatic heterocycles. The lowest BCUT2D eigenvalue weighted by Gasteiger charge is -2.34. The van der Waals surface area contributed by atoms with E-state index in [-0.39, 0.29) is 0 Å². The van der Waals surface area contributed by atoms with Crippen molar-refractivity contribution >= 4 is 0 Å². The van der Waals surface area contributed by atoms with Crippen LogP contribution in [0.4, 0.5) is 4.39 Å². The smallest absolute Gasteiger partial charge is 0.132 e. The number of hydrogen-bond donors (Lipinski definition) is 0. The standard InChI is InChI=1S/C25H35F/c1-3-5-6-9-20-11-13-21(14-12-20)22-15-17-23(18-16-22)25(4-2)19-8-7-10-24(25)26/h7-8,10,15-21,24H,3-6,9,11-14H2,1-2H3. The van der Waals surface area contributed by atoms with Crippen LogP contribution < -0.4 is 0 Å². The van der Waals surface area contributed by atoms with Crippen molar-refractivity contribution in [3.05, 3.63) is 59.7 Å². The van der Waals surface area contributed by atoms with E-state index in [0.717, 1.165) is 17.9 Å². The molecule has 1 aromatic rings. The van der Waals surface area contributed by atoms with Gasteiger partial charge in [-0.15, -0.1) is 0 Å². The topological polar surface area (TPSA) is 0 Å². The van der Waals surface area contributed by atoms with Gasteiger partial charge in [-0.1, -0.05) is 82.0 Å². The molecule has 0 amide bonds. The highest BCUT2D eigenvalue weighted by atomic mass is 19.1. The predicted molar refractivity (Wildman–Crippen MR) is 110 cm³/mol. The molecule has 0 bridgehead atoms. The Balaban J connectivity index is 1.62. The Morgan fingerprint density at radius 3 is 2.31 bits per heavy atom. The van der Waals surface area contributed by atoms with Crippen molar-refractivity contribution in [2.45, 2.75) is 89.1 Å². The van der Waals surface area contributed by atoms with Gasteiger partial charge < -0.3 is 0 Å². The fraction of sp³-hybridized carbons (Fsp3) is 0.600. The maximum Gasteiger partial charge on any atom is 0.132 e. The summed E-state index contributed by atoms with van der Waals surface area (Å²) in [6.07, 6.45) is 18.4. The van der Waals surface area contributed by atoms with Crippen LogP contribution in [0.3, 0.4) is 0 Å². The van der Waals surface area contributed by atoms with E-state index in [9.17, 15) is 4.39 Å². The van der Waals surface area contributed by atoms with Crippen molar-refractivity contribution in [1.29, 1.82) is 0 Å². The van der Waals surface area contributed by atoms with Crippen LogP contribution in [0.5, 0.6) is 0 Å². The predicted octanol–water partition coefficient (Wildman–Crippen LogP) is 7.65. The van der Waals surface area contributed by atoms with E-state index >= 15 is 0 Å². The van der Waals surface area contributed by atoms with Gasteiger partial charge in [0.2, 0.25) is 0 Å². The molecule has 26 heavy (non-hydrogen) atoms. The van der Waals surface area contributed by atoms with Crippen LogP contribution >= 0.6 is 0 Å². The highest BCUT2D eigenvalue weighted by Crippen LogP contribution is 2.41. The van der Waals surface area contributed by atoms with E-state index in [2.05, 4.69) is 38.1 Å². The summed E-state index contributed by atoms with van der Waals surface area (Å²) in [4.78, 5) is 0. The summed E-state index contributed by atoms with van der Waals surface area (Å²) < 4.78 is 14.7. The van der Waals surface area contributed by atoms with Crippen molar-refractivity contribution in [1.82, 2.24) is 0 Å². The normalized spacial score (nSPS) is 31.3. The first-order valence-electron chi connectivity index (χ1n) is 10.8. The zero-order valence-electron chi connectivity index (χ0n) is 16.6. The van der Waals surface area contributed by atoms with Gasteiger partial charge in [0.05, 0.1) is 0 Å². The van der Waals surface area contributed by atoms with Crippen molar-refractivity contribution in [3.8, 4) is 0 Å². The summed E-state index contributed by atoms with van der Waals surface area (Å²) in [7, 11) is 0. The second-order valence-electron chi connectivity index (χ2n) is 8.38. The first-order chi connectivity index (χ1) is 12.7. The van der Waals surface area contributed by atoms with Crippen LogP contribution in [0.1, 0.15) is 88.7 Å². The zero-order chi connectivity index (χ0) is 18.4. The van der Waals surface area contributed by atoms with E-state index in [1.165, 1.54) is 56.9 Å². The monoisotopic (exact) mass is 354 g/mol. The largest absolute Gasteiger partial charge is 0.242 e. The Labute approximate surface area is 159 Å². The fourth-order valence-corrected chi connectivity index (χ4v) is 4.96. The van der Waals surface area contributed by atoms with Gasteiger partial charge in [0, 0.05) is 5.41 Å². The van der Waals surface area contributed by atoms with Crippen LogP contribution in [0.2, 0.25) is 0 Å². The molecular formula is C25H35F. The highest BCUT2D eigenvalue weighted by Gasteiger charge is 2.36. The number of allylic oxidation sites excluding steroid dienone is 4. The first kappa shape index (κ1) is 19.4. The molecule has 0 nitrogen and oxygen atoms in total. The number of alkyl halides is 1. The molecule has 1 saturated carbocycles. The third-order valence-electron chi connectivity index (χ3n) is 6.84. The molecule has 0 N–H and O–H groups in total. The third-order valence-corrected chi connectivity index (χ3v) is 6.84. The fourth-order valence-electron chi connectivity index (χ4n) is 4.96. The van der Waals surface area contributed by atoms with E-state index < -0.39 is 11.6 Å². The maximum absolute atomic E-state index is 14.7. The molecular weight excluding hydrogens is 319 g/mol. The molecule has 2 aliphatic rings. The number of halogens is 1. The van der Waals surface area contributed by atoms with E-state index in [0.29, 0.717) is 5.92 Å². The van der Waals surface area contributed by atoms with Crippen LogP contribution in [-0.4, -0.2) is 6.17 Å². The summed E-state index contributed by atoms with van der Waals surface area (Å²) in [6, 6.07) is 8.91. The van der Waals surface area contributed by atoms with Crippen molar-refractivity contribution < 1.29 is 4.39 Å². The van der Waals surface area contributed by atoms with Crippen LogP contribution in [0.25, 0.3) is 0 Å². The molecule has 2 atom stereocenters. The van der Waals surface area contributed by atoms with Crippen LogP contribution in [-0.2, 0) is 5.41 Å². The Bertz CT molecular complexity index is 604. The lowest BCUT2D eigenvalue weighted by atomic mass is 9.71. The Morgan fingerprint density at radius 2 is 1.69 bits per heavy atom. The summed E-state index contributed by atoms with van der Waals surface area (Å²) in [5, 5.41) is 0. The summed E-state index contributed by atoms with van der Waals surface area (Å²) in [6.45, 7) is 4.37. The van der Waals surface area contributed by atoms with Gasteiger partial charge in [-0.3, -0.25) is 0 Å². The lowest BCUT2D eigenvalue weighted by molar-refractivity contribution is 0.268. The molecule has 1 fully saturated rings. The summed E-state index contributed by atoms with van der Waals surface area (Å²) in [5.41, 5.74) is 2.09. The molecule has 0 saturated heterocycles. The number of rotatable bonds is 7. The second-order valence-corrected chi connectivity index (χ2v) is 8.38. The Kier molecular flexibility index (Phi) is 6.73. The molecule has 1 aromatic carbocycles. The minimum atomic E-state index is -0.929. The highest BCUT2D eigenvalue weighted by molar-refractivity contribution is 5.40. The molecule has 0 heterocycles. The SMILES string of the molecule is CCCCCC1CCC(c2ccc(C3(CC)C=CC=CC3F)cc2)CC1. The molecule has 1 heteroatoms. The molecule has 142 valence electrons. The van der Waals surface area contributed by atoms with Crippen molar-refractivity contribution in [2.75, 3.05) is 0 Å². The Morgan fingerprint density at radius 1 is 0.962 bits per heavy atom. The number of benzene rings is 1. The number of unbranched alkanes of at least 4 members (excludes halogenated alkanes) is 2. The van der Waals surface area contributed by atoms with Gasteiger partial charge in [0.15, 0.2) is 0 Å². The van der Waals surface area contributed by atoms with Crippen LogP contribution in [0, 0.1) is 5.92 Å². The van der Waals surface area contributed by atoms with Crippen molar-refractivity contribution in [2.24, 2.45) is 5.92 Å². The number of hydrogen-bond acceptors (Lipinski definition) is 0. The van der Waals surface area contributed by atoms with Gasteiger partial charge >= 0.3 is 0 Å². The van der Waals surface area contributed by atoms with Crippen LogP contribution in [0.15, 0.2) is 48.6 Å². The molecule has 0 aromatic heterocycles. The van der Waals surface area contributed by atoms with E-state index in [4.69, 9.17) is 0 Å². The molecule has 3 rings (SSSR count). The van der Waals surface area contributed by atoms with Gasteiger partial charge in [0.1, 0.15) is 6.17 Å². The van der Waals surface area contributed by atoms with Gasteiger partial charge in [-0.05, 0) is 61.1 Å². The maximum atomic E-state index is 14.7. The first-order valence-corrected chi connectivity index (χ1v) is 10.8. The average molecular weight is 355 g/mol. The Hall–Kier alpha value is -1.37. The van der Waals surface area contributed by atoms with E-state index in [1.807, 2.05) is 18.2 Å². The molecule has 2 unspecified atom stereocenters. The van der Waals surface area contributed by atoms with Gasteiger partial charge in [-0.2, -0.15) is 0 Å². The van der Waals surface area contributed by atoms with E-state index in [1.54, 1.807) is 6.08 Å².